The second kappa shape index (κ2) is 9.92. The van der Waals surface area contributed by atoms with Crippen LogP contribution in [0, 0.1) is 0 Å². The van der Waals surface area contributed by atoms with Crippen LogP contribution in [0.25, 0.3) is 11.3 Å². The van der Waals surface area contributed by atoms with Gasteiger partial charge in [0.1, 0.15) is 12.4 Å². The van der Waals surface area contributed by atoms with Crippen molar-refractivity contribution in [2.24, 2.45) is 0 Å². The Bertz CT molecular complexity index is 1170. The van der Waals surface area contributed by atoms with Gasteiger partial charge in [-0.2, -0.15) is 0 Å². The van der Waals surface area contributed by atoms with E-state index in [0.29, 0.717) is 18.1 Å². The van der Waals surface area contributed by atoms with Crippen LogP contribution < -0.4 is 10.6 Å². The Balaban J connectivity index is 1.45. The molecule has 2 aromatic heterocycles. The molecule has 32 heavy (non-hydrogen) atoms. The van der Waals surface area contributed by atoms with Gasteiger partial charge in [0.05, 0.1) is 5.69 Å². The van der Waals surface area contributed by atoms with E-state index in [1.807, 2.05) is 60.0 Å². The first-order valence-corrected chi connectivity index (χ1v) is 10.8. The lowest BCUT2D eigenvalue weighted by atomic mass is 10.1. The molecule has 2 amide bonds. The average Bonchev–Trinajstić information content (AvgIpc) is 3.50. The first kappa shape index (κ1) is 21.3. The summed E-state index contributed by atoms with van der Waals surface area (Å²) in [5, 5.41) is 19.3. The number of aromatic nitrogens is 5. The van der Waals surface area contributed by atoms with Crippen molar-refractivity contribution in [2.75, 3.05) is 5.32 Å². The number of hydrogen-bond donors (Lipinski definition) is 2. The zero-order valence-corrected chi connectivity index (χ0v) is 18.1. The Morgan fingerprint density at radius 3 is 2.53 bits per heavy atom. The first-order chi connectivity index (χ1) is 15.6. The predicted octanol–water partition coefficient (Wildman–Crippen LogP) is 2.86. The third kappa shape index (κ3) is 5.41. The molecule has 0 bridgehead atoms. The topological polar surface area (TPSA) is 115 Å². The fourth-order valence-electron chi connectivity index (χ4n) is 3.13. The van der Waals surface area contributed by atoms with E-state index in [4.69, 9.17) is 0 Å². The molecule has 10 heteroatoms. The molecule has 4 aromatic rings. The maximum atomic E-state index is 13.0. The summed E-state index contributed by atoms with van der Waals surface area (Å²) < 4.78 is 1.45. The minimum absolute atomic E-state index is 0.0683. The summed E-state index contributed by atoms with van der Waals surface area (Å²) in [6.45, 7) is 1.97. The Labute approximate surface area is 188 Å². The smallest absolute Gasteiger partial charge is 0.251 e. The molecule has 0 fully saturated rings. The van der Waals surface area contributed by atoms with E-state index in [1.54, 1.807) is 0 Å². The fraction of sp³-hybridized carbons (Fsp3) is 0.182. The maximum Gasteiger partial charge on any atom is 0.251 e. The van der Waals surface area contributed by atoms with Crippen molar-refractivity contribution in [3.05, 3.63) is 77.4 Å². The summed E-state index contributed by atoms with van der Waals surface area (Å²) in [7, 11) is 0. The second-order valence-electron chi connectivity index (χ2n) is 7.13. The molecule has 0 spiro atoms. The molecule has 9 nitrogen and oxygen atoms in total. The molecule has 2 N–H and O–H groups in total. The van der Waals surface area contributed by atoms with Gasteiger partial charge in [-0.25, -0.2) is 9.67 Å². The van der Waals surface area contributed by atoms with E-state index >= 15 is 0 Å². The molecule has 2 aromatic carbocycles. The predicted molar refractivity (Wildman–Crippen MR) is 121 cm³/mol. The van der Waals surface area contributed by atoms with E-state index in [0.717, 1.165) is 22.4 Å². The molecule has 0 radical (unpaired) electrons. The number of amides is 2. The third-order valence-corrected chi connectivity index (χ3v) is 5.54. The van der Waals surface area contributed by atoms with E-state index in [-0.39, 0.29) is 11.8 Å². The van der Waals surface area contributed by atoms with Gasteiger partial charge in [0.15, 0.2) is 5.13 Å². The summed E-state index contributed by atoms with van der Waals surface area (Å²) in [6.07, 6.45) is 1.88. The molecule has 0 saturated heterocycles. The van der Waals surface area contributed by atoms with Crippen LogP contribution in [0.4, 0.5) is 5.13 Å². The zero-order valence-electron chi connectivity index (χ0n) is 17.3. The van der Waals surface area contributed by atoms with E-state index in [1.165, 1.54) is 29.3 Å². The number of nitrogens with zero attached hydrogens (tertiary/aromatic N) is 5. The van der Waals surface area contributed by atoms with Crippen molar-refractivity contribution in [1.82, 2.24) is 30.5 Å². The highest BCUT2D eigenvalue weighted by Gasteiger charge is 2.23. The van der Waals surface area contributed by atoms with Crippen molar-refractivity contribution >= 4 is 28.3 Å². The molecule has 1 unspecified atom stereocenters. The average molecular weight is 448 g/mol. The summed E-state index contributed by atoms with van der Waals surface area (Å²) in [5.41, 5.74) is 3.69. The SMILES string of the molecule is CC(=O)NCc1ccc(-c2csc(NC(=O)C(Cc3ccccc3)n3cnnn3)n2)cc1. The van der Waals surface area contributed by atoms with Gasteiger partial charge in [-0.3, -0.25) is 9.59 Å². The minimum atomic E-state index is -0.604. The van der Waals surface area contributed by atoms with Gasteiger partial charge in [0.25, 0.3) is 5.91 Å². The quantitative estimate of drug-likeness (QED) is 0.429. The number of thiazole rings is 1. The summed E-state index contributed by atoms with van der Waals surface area (Å²) >= 11 is 1.35. The number of hydrogen-bond acceptors (Lipinski definition) is 7. The second-order valence-corrected chi connectivity index (χ2v) is 7.99. The van der Waals surface area contributed by atoms with E-state index < -0.39 is 6.04 Å². The number of nitrogens with one attached hydrogen (secondary N) is 2. The molecule has 0 aliphatic rings. The lowest BCUT2D eigenvalue weighted by molar-refractivity contribution is -0.120. The molecule has 4 rings (SSSR count). The number of tetrazole rings is 1. The van der Waals surface area contributed by atoms with Crippen molar-refractivity contribution in [3.8, 4) is 11.3 Å². The highest BCUT2D eigenvalue weighted by molar-refractivity contribution is 7.14. The van der Waals surface area contributed by atoms with Crippen molar-refractivity contribution in [2.45, 2.75) is 25.9 Å². The number of carbonyl (C=O) groups is 2. The molecule has 0 aliphatic heterocycles. The van der Waals surface area contributed by atoms with Crippen LogP contribution in [0.2, 0.25) is 0 Å². The normalized spacial score (nSPS) is 11.7. The van der Waals surface area contributed by atoms with Crippen LogP contribution in [0.3, 0.4) is 0 Å². The maximum absolute atomic E-state index is 13.0. The lowest BCUT2D eigenvalue weighted by Crippen LogP contribution is -2.28. The minimum Gasteiger partial charge on any atom is -0.352 e. The number of carbonyl (C=O) groups excluding carboxylic acids is 2. The standard InChI is InChI=1S/C22H21N7O2S/c1-15(30)23-12-17-7-9-18(10-8-17)19-13-32-22(25-19)26-21(31)20(29-14-24-27-28-29)11-16-5-3-2-4-6-16/h2-10,13-14,20H,11-12H2,1H3,(H,23,30)(H,25,26,31). The Morgan fingerprint density at radius 2 is 1.84 bits per heavy atom. The number of anilines is 1. The molecule has 0 aliphatic carbocycles. The summed E-state index contributed by atoms with van der Waals surface area (Å²) in [5.74, 6) is -0.311. The molecule has 1 atom stereocenters. The molecule has 2 heterocycles. The molecular weight excluding hydrogens is 426 g/mol. The first-order valence-electron chi connectivity index (χ1n) is 9.95. The number of rotatable bonds is 8. The van der Waals surface area contributed by atoms with Crippen LogP contribution in [0.15, 0.2) is 66.3 Å². The van der Waals surface area contributed by atoms with Gasteiger partial charge in [-0.15, -0.1) is 16.4 Å². The van der Waals surface area contributed by atoms with Gasteiger partial charge >= 0.3 is 0 Å². The van der Waals surface area contributed by atoms with Crippen molar-refractivity contribution in [3.63, 3.8) is 0 Å². The highest BCUT2D eigenvalue weighted by atomic mass is 32.1. The van der Waals surface area contributed by atoms with E-state index in [2.05, 4.69) is 31.1 Å². The van der Waals surface area contributed by atoms with Gasteiger partial charge in [0, 0.05) is 30.8 Å². The molecule has 162 valence electrons. The number of benzene rings is 2. The van der Waals surface area contributed by atoms with Crippen LogP contribution in [0.5, 0.6) is 0 Å². The van der Waals surface area contributed by atoms with Gasteiger partial charge in [0.2, 0.25) is 5.91 Å². The van der Waals surface area contributed by atoms with Crippen molar-refractivity contribution < 1.29 is 9.59 Å². The van der Waals surface area contributed by atoms with E-state index in [9.17, 15) is 9.59 Å². The van der Waals surface area contributed by atoms with Crippen LogP contribution in [-0.4, -0.2) is 37.0 Å². The van der Waals surface area contributed by atoms with Gasteiger partial charge < -0.3 is 10.6 Å². The Kier molecular flexibility index (Phi) is 6.61. The van der Waals surface area contributed by atoms with Crippen LogP contribution >= 0.6 is 11.3 Å². The van der Waals surface area contributed by atoms with Crippen LogP contribution in [0.1, 0.15) is 24.1 Å². The largest absolute Gasteiger partial charge is 0.352 e. The Morgan fingerprint density at radius 1 is 1.06 bits per heavy atom. The highest BCUT2D eigenvalue weighted by Crippen LogP contribution is 2.26. The molecule has 0 saturated carbocycles. The summed E-state index contributed by atoms with van der Waals surface area (Å²) in [6, 6.07) is 16.9. The monoisotopic (exact) mass is 447 g/mol. The summed E-state index contributed by atoms with van der Waals surface area (Å²) in [4.78, 5) is 28.6. The molecular formula is C22H21N7O2S. The lowest BCUT2D eigenvalue weighted by Gasteiger charge is -2.15. The van der Waals surface area contributed by atoms with Crippen LogP contribution in [-0.2, 0) is 22.6 Å². The Hall–Kier alpha value is -3.92. The fourth-order valence-corrected chi connectivity index (χ4v) is 3.85. The zero-order chi connectivity index (χ0) is 22.3. The third-order valence-electron chi connectivity index (χ3n) is 4.78. The van der Waals surface area contributed by atoms with Gasteiger partial charge in [-0.1, -0.05) is 54.6 Å². The van der Waals surface area contributed by atoms with Crippen molar-refractivity contribution in [1.29, 1.82) is 0 Å². The van der Waals surface area contributed by atoms with Gasteiger partial charge in [-0.05, 0) is 21.6 Å².